The van der Waals surface area contributed by atoms with Gasteiger partial charge in [-0.1, -0.05) is 12.1 Å². The minimum atomic E-state index is -4.62. The van der Waals surface area contributed by atoms with E-state index in [1.807, 2.05) is 0 Å². The number of carbonyl (C=O) groups is 3. The van der Waals surface area contributed by atoms with Gasteiger partial charge in [0.2, 0.25) is 5.91 Å². The molecule has 0 aliphatic carbocycles. The first-order valence-corrected chi connectivity index (χ1v) is 6.32. The highest BCUT2D eigenvalue weighted by Crippen LogP contribution is 2.29. The number of Topliss-reactive ketones (excluding diaryl/α,β-unsaturated/α-hetero) is 1. The second-order valence-corrected chi connectivity index (χ2v) is 4.33. The summed E-state index contributed by atoms with van der Waals surface area (Å²) in [6, 6.07) is 1.92. The third kappa shape index (κ3) is 4.57. The maximum absolute atomic E-state index is 12.6. The van der Waals surface area contributed by atoms with Crippen molar-refractivity contribution in [2.75, 3.05) is 6.61 Å². The lowest BCUT2D eigenvalue weighted by Crippen LogP contribution is -2.46. The Morgan fingerprint density at radius 3 is 2.41 bits per heavy atom. The molecule has 0 bridgehead atoms. The SMILES string of the molecule is CCOC(=O)[C@H](NC(C)=O)C(=O)c1cccc(C(F)(F)F)c1. The summed E-state index contributed by atoms with van der Waals surface area (Å²) in [6.45, 7) is 2.54. The normalized spacial score (nSPS) is 12.4. The molecular weight excluding hydrogens is 303 g/mol. The molecule has 5 nitrogen and oxygen atoms in total. The molecule has 1 aromatic carbocycles. The standard InChI is InChI=1S/C14H14F3NO4/c1-3-22-13(21)11(18-8(2)19)12(20)9-5-4-6-10(7-9)14(15,16)17/h4-7,11H,3H2,1-2H3,(H,18,19)/t11-/m1/s1. The van der Waals surface area contributed by atoms with Crippen molar-refractivity contribution in [3.63, 3.8) is 0 Å². The van der Waals surface area contributed by atoms with Crippen LogP contribution in [0.3, 0.4) is 0 Å². The third-order valence-electron chi connectivity index (χ3n) is 2.61. The van der Waals surface area contributed by atoms with Crippen LogP contribution < -0.4 is 5.32 Å². The molecule has 0 heterocycles. The summed E-state index contributed by atoms with van der Waals surface area (Å²) in [5.41, 5.74) is -1.37. The second kappa shape index (κ2) is 7.06. The number of alkyl halides is 3. The minimum Gasteiger partial charge on any atom is -0.464 e. The van der Waals surface area contributed by atoms with Gasteiger partial charge in [0, 0.05) is 12.5 Å². The van der Waals surface area contributed by atoms with E-state index in [1.54, 1.807) is 0 Å². The topological polar surface area (TPSA) is 72.5 Å². The monoisotopic (exact) mass is 317 g/mol. The predicted molar refractivity (Wildman–Crippen MR) is 70.0 cm³/mol. The van der Waals surface area contributed by atoms with Crippen molar-refractivity contribution < 1.29 is 32.3 Å². The van der Waals surface area contributed by atoms with Crippen LogP contribution in [0, 0.1) is 0 Å². The molecule has 0 saturated heterocycles. The molecule has 1 rings (SSSR count). The Kier molecular flexibility index (Phi) is 5.67. The van der Waals surface area contributed by atoms with Crippen LogP contribution in [-0.4, -0.2) is 30.3 Å². The molecule has 120 valence electrons. The molecule has 0 aliphatic rings. The summed E-state index contributed by atoms with van der Waals surface area (Å²) in [7, 11) is 0. The lowest BCUT2D eigenvalue weighted by atomic mass is 10.0. The minimum absolute atomic E-state index is 0.0369. The van der Waals surface area contributed by atoms with Gasteiger partial charge in [-0.3, -0.25) is 9.59 Å². The van der Waals surface area contributed by atoms with Gasteiger partial charge in [0.25, 0.3) is 0 Å². The number of benzene rings is 1. The van der Waals surface area contributed by atoms with Crippen LogP contribution in [-0.2, 0) is 20.5 Å². The molecule has 1 atom stereocenters. The van der Waals surface area contributed by atoms with Crippen molar-refractivity contribution in [3.05, 3.63) is 35.4 Å². The molecule has 8 heteroatoms. The van der Waals surface area contributed by atoms with E-state index >= 15 is 0 Å². The van der Waals surface area contributed by atoms with E-state index in [4.69, 9.17) is 0 Å². The van der Waals surface area contributed by atoms with Crippen LogP contribution in [0.2, 0.25) is 0 Å². The molecule has 0 unspecified atom stereocenters. The smallest absolute Gasteiger partial charge is 0.416 e. The van der Waals surface area contributed by atoms with Crippen molar-refractivity contribution in [1.82, 2.24) is 5.32 Å². The van der Waals surface area contributed by atoms with Crippen LogP contribution in [0.15, 0.2) is 24.3 Å². The zero-order chi connectivity index (χ0) is 16.9. The Balaban J connectivity index is 3.13. The van der Waals surface area contributed by atoms with Gasteiger partial charge >= 0.3 is 12.1 Å². The zero-order valence-corrected chi connectivity index (χ0v) is 11.9. The van der Waals surface area contributed by atoms with E-state index in [0.29, 0.717) is 6.07 Å². The van der Waals surface area contributed by atoms with Gasteiger partial charge in [0.05, 0.1) is 12.2 Å². The van der Waals surface area contributed by atoms with Crippen molar-refractivity contribution >= 4 is 17.7 Å². The molecule has 0 saturated carbocycles. The number of halogens is 3. The van der Waals surface area contributed by atoms with Gasteiger partial charge in [-0.05, 0) is 19.1 Å². The number of rotatable bonds is 5. The predicted octanol–water partition coefficient (Wildman–Crippen LogP) is 1.96. The molecular formula is C14H14F3NO4. The second-order valence-electron chi connectivity index (χ2n) is 4.33. The number of esters is 1. The average molecular weight is 317 g/mol. The number of nitrogens with one attached hydrogen (secondary N) is 1. The molecule has 1 amide bonds. The Hall–Kier alpha value is -2.38. The molecule has 0 fully saturated rings. The van der Waals surface area contributed by atoms with E-state index in [1.165, 1.54) is 6.92 Å². The van der Waals surface area contributed by atoms with Crippen molar-refractivity contribution in [2.45, 2.75) is 26.1 Å². The average Bonchev–Trinajstić information content (AvgIpc) is 2.43. The van der Waals surface area contributed by atoms with Gasteiger partial charge in [0.1, 0.15) is 0 Å². The van der Waals surface area contributed by atoms with Crippen molar-refractivity contribution in [2.24, 2.45) is 0 Å². The first-order valence-electron chi connectivity index (χ1n) is 6.32. The summed E-state index contributed by atoms with van der Waals surface area (Å²) in [5.74, 6) is -2.68. The number of ether oxygens (including phenoxy) is 1. The lowest BCUT2D eigenvalue weighted by Gasteiger charge is -2.16. The lowest BCUT2D eigenvalue weighted by molar-refractivity contribution is -0.145. The number of ketones is 1. The van der Waals surface area contributed by atoms with Crippen LogP contribution in [0.5, 0.6) is 0 Å². The fourth-order valence-corrected chi connectivity index (χ4v) is 1.68. The summed E-state index contributed by atoms with van der Waals surface area (Å²) in [4.78, 5) is 35.0. The molecule has 0 aromatic heterocycles. The van der Waals surface area contributed by atoms with Crippen molar-refractivity contribution in [3.8, 4) is 0 Å². The van der Waals surface area contributed by atoms with Gasteiger partial charge < -0.3 is 10.1 Å². The number of hydrogen-bond donors (Lipinski definition) is 1. The maximum atomic E-state index is 12.6. The number of carbonyl (C=O) groups excluding carboxylic acids is 3. The van der Waals surface area contributed by atoms with Gasteiger partial charge in [-0.2, -0.15) is 13.2 Å². The molecule has 1 N–H and O–H groups in total. The molecule has 0 aliphatic heterocycles. The molecule has 0 radical (unpaired) electrons. The van der Waals surface area contributed by atoms with E-state index in [2.05, 4.69) is 10.1 Å². The Morgan fingerprint density at radius 1 is 1.27 bits per heavy atom. The van der Waals surface area contributed by atoms with Crippen molar-refractivity contribution in [1.29, 1.82) is 0 Å². The maximum Gasteiger partial charge on any atom is 0.416 e. The van der Waals surface area contributed by atoms with Gasteiger partial charge in [0.15, 0.2) is 11.8 Å². The van der Waals surface area contributed by atoms with E-state index in [9.17, 15) is 27.6 Å². The van der Waals surface area contributed by atoms with E-state index < -0.39 is 35.4 Å². The zero-order valence-electron chi connectivity index (χ0n) is 11.9. The summed E-state index contributed by atoms with van der Waals surface area (Å²) in [6.07, 6.45) is -4.62. The molecule has 22 heavy (non-hydrogen) atoms. The Labute approximate surface area is 124 Å². The number of amides is 1. The summed E-state index contributed by atoms with van der Waals surface area (Å²) < 4.78 is 42.6. The van der Waals surface area contributed by atoms with E-state index in [0.717, 1.165) is 25.1 Å². The van der Waals surface area contributed by atoms with Crippen LogP contribution in [0.25, 0.3) is 0 Å². The van der Waals surface area contributed by atoms with Gasteiger partial charge in [-0.25, -0.2) is 4.79 Å². The fourth-order valence-electron chi connectivity index (χ4n) is 1.68. The van der Waals surface area contributed by atoms with Crippen LogP contribution in [0.1, 0.15) is 29.8 Å². The van der Waals surface area contributed by atoms with Crippen LogP contribution in [0.4, 0.5) is 13.2 Å². The van der Waals surface area contributed by atoms with Gasteiger partial charge in [-0.15, -0.1) is 0 Å². The Bertz CT molecular complexity index is 584. The highest BCUT2D eigenvalue weighted by atomic mass is 19.4. The summed E-state index contributed by atoms with van der Waals surface area (Å²) in [5, 5.41) is 2.08. The Morgan fingerprint density at radius 2 is 1.91 bits per heavy atom. The third-order valence-corrected chi connectivity index (χ3v) is 2.61. The first-order chi connectivity index (χ1) is 10.2. The number of hydrogen-bond acceptors (Lipinski definition) is 4. The molecule has 1 aromatic rings. The largest absolute Gasteiger partial charge is 0.464 e. The first kappa shape index (κ1) is 17.7. The quantitative estimate of drug-likeness (QED) is 0.512. The fraction of sp³-hybridized carbons (Fsp3) is 0.357. The highest BCUT2D eigenvalue weighted by Gasteiger charge is 2.33. The van der Waals surface area contributed by atoms with Crippen LogP contribution >= 0.6 is 0 Å². The van der Waals surface area contributed by atoms with E-state index in [-0.39, 0.29) is 12.2 Å². The molecule has 0 spiro atoms. The highest BCUT2D eigenvalue weighted by molar-refractivity contribution is 6.13. The summed E-state index contributed by atoms with van der Waals surface area (Å²) >= 11 is 0.